The van der Waals surface area contributed by atoms with Gasteiger partial charge in [0.15, 0.2) is 0 Å². The molecule has 3 nitrogen and oxygen atoms in total. The highest BCUT2D eigenvalue weighted by atomic mass is 19.1. The van der Waals surface area contributed by atoms with Crippen molar-refractivity contribution in [1.82, 2.24) is 5.32 Å². The van der Waals surface area contributed by atoms with Crippen molar-refractivity contribution in [2.45, 2.75) is 50.9 Å². The van der Waals surface area contributed by atoms with E-state index in [1.54, 1.807) is 12.1 Å². The monoisotopic (exact) mass is 343 g/mol. The minimum atomic E-state index is -0.559. The summed E-state index contributed by atoms with van der Waals surface area (Å²) in [5, 5.41) is 14.1. The van der Waals surface area contributed by atoms with Crippen LogP contribution in [0.4, 0.5) is 4.39 Å². The van der Waals surface area contributed by atoms with Crippen molar-refractivity contribution in [2.24, 2.45) is 0 Å². The van der Waals surface area contributed by atoms with Gasteiger partial charge in [-0.15, -0.1) is 0 Å². The molecule has 1 aliphatic carbocycles. The second kappa shape index (κ2) is 8.45. The van der Waals surface area contributed by atoms with Crippen molar-refractivity contribution in [1.29, 1.82) is 0 Å². The maximum atomic E-state index is 13.0. The van der Waals surface area contributed by atoms with Crippen LogP contribution in [0.1, 0.15) is 30.4 Å². The molecule has 1 saturated carbocycles. The van der Waals surface area contributed by atoms with Gasteiger partial charge in [-0.3, -0.25) is 0 Å². The van der Waals surface area contributed by atoms with Crippen LogP contribution >= 0.6 is 0 Å². The largest absolute Gasteiger partial charge is 0.488 e. The van der Waals surface area contributed by atoms with Gasteiger partial charge in [0.1, 0.15) is 23.8 Å². The Balaban J connectivity index is 1.51. The quantitative estimate of drug-likeness (QED) is 0.842. The van der Waals surface area contributed by atoms with E-state index in [0.29, 0.717) is 5.75 Å². The number of ether oxygens (including phenoxy) is 1. The van der Waals surface area contributed by atoms with Crippen LogP contribution in [0.15, 0.2) is 48.5 Å². The van der Waals surface area contributed by atoms with E-state index in [0.717, 1.165) is 32.2 Å². The van der Waals surface area contributed by atoms with E-state index < -0.39 is 6.10 Å². The van der Waals surface area contributed by atoms with Gasteiger partial charge in [0.25, 0.3) is 0 Å². The van der Waals surface area contributed by atoms with E-state index in [-0.39, 0.29) is 18.0 Å². The zero-order chi connectivity index (χ0) is 17.6. The third kappa shape index (κ3) is 5.03. The molecule has 0 aliphatic heterocycles. The first kappa shape index (κ1) is 17.9. The SMILES string of the molecule is Cc1cccc(CCN[C@H]2CCC[C@@H](Oc3ccc(F)cc3)[C@@H]2O)c1. The van der Waals surface area contributed by atoms with E-state index in [9.17, 15) is 9.50 Å². The molecule has 2 aromatic carbocycles. The highest BCUT2D eigenvalue weighted by Gasteiger charge is 2.32. The number of aryl methyl sites for hydroxylation is 1. The van der Waals surface area contributed by atoms with Gasteiger partial charge in [-0.05, 0) is 69.0 Å². The van der Waals surface area contributed by atoms with Crippen LogP contribution in [-0.2, 0) is 6.42 Å². The molecule has 0 heterocycles. The molecule has 25 heavy (non-hydrogen) atoms. The van der Waals surface area contributed by atoms with Gasteiger partial charge in [-0.1, -0.05) is 29.8 Å². The van der Waals surface area contributed by atoms with Gasteiger partial charge in [0.05, 0.1) is 0 Å². The Kier molecular flexibility index (Phi) is 6.05. The lowest BCUT2D eigenvalue weighted by molar-refractivity contribution is -0.0151. The average Bonchev–Trinajstić information content (AvgIpc) is 2.60. The van der Waals surface area contributed by atoms with Gasteiger partial charge in [0.2, 0.25) is 0 Å². The molecule has 0 radical (unpaired) electrons. The first-order chi connectivity index (χ1) is 12.1. The van der Waals surface area contributed by atoms with E-state index in [2.05, 4.69) is 36.5 Å². The topological polar surface area (TPSA) is 41.5 Å². The molecule has 0 amide bonds. The molecule has 0 bridgehead atoms. The molecule has 0 unspecified atom stereocenters. The molecule has 4 heteroatoms. The van der Waals surface area contributed by atoms with Crippen molar-refractivity contribution in [3.8, 4) is 5.75 Å². The summed E-state index contributed by atoms with van der Waals surface area (Å²) in [7, 11) is 0. The molecule has 1 fully saturated rings. The van der Waals surface area contributed by atoms with Crippen LogP contribution < -0.4 is 10.1 Å². The number of aliphatic hydroxyl groups is 1. The Morgan fingerprint density at radius 2 is 1.96 bits per heavy atom. The number of hydrogen-bond donors (Lipinski definition) is 2. The maximum Gasteiger partial charge on any atom is 0.126 e. The molecule has 0 aromatic heterocycles. The Bertz CT molecular complexity index is 674. The fourth-order valence-electron chi connectivity index (χ4n) is 3.45. The predicted octanol–water partition coefficient (Wildman–Crippen LogP) is 3.63. The van der Waals surface area contributed by atoms with Crippen molar-refractivity contribution in [3.63, 3.8) is 0 Å². The lowest BCUT2D eigenvalue weighted by Crippen LogP contribution is -2.51. The summed E-state index contributed by atoms with van der Waals surface area (Å²) >= 11 is 0. The molecular weight excluding hydrogens is 317 g/mol. The zero-order valence-corrected chi connectivity index (χ0v) is 14.6. The Hall–Kier alpha value is -1.91. The fraction of sp³-hybridized carbons (Fsp3) is 0.429. The summed E-state index contributed by atoms with van der Waals surface area (Å²) in [5.41, 5.74) is 2.57. The molecule has 0 spiro atoms. The zero-order valence-electron chi connectivity index (χ0n) is 14.6. The third-order valence-electron chi connectivity index (χ3n) is 4.80. The fourth-order valence-corrected chi connectivity index (χ4v) is 3.45. The van der Waals surface area contributed by atoms with Crippen LogP contribution in [0, 0.1) is 12.7 Å². The second-order valence-corrected chi connectivity index (χ2v) is 6.83. The number of halogens is 1. The van der Waals surface area contributed by atoms with Crippen LogP contribution in [0.25, 0.3) is 0 Å². The van der Waals surface area contributed by atoms with Crippen molar-refractivity contribution in [3.05, 3.63) is 65.5 Å². The highest BCUT2D eigenvalue weighted by Crippen LogP contribution is 2.24. The van der Waals surface area contributed by atoms with Gasteiger partial charge in [0, 0.05) is 6.04 Å². The molecule has 3 atom stereocenters. The summed E-state index contributed by atoms with van der Waals surface area (Å²) in [6, 6.07) is 14.5. The van der Waals surface area contributed by atoms with E-state index >= 15 is 0 Å². The number of nitrogens with one attached hydrogen (secondary N) is 1. The van der Waals surface area contributed by atoms with Gasteiger partial charge in [-0.2, -0.15) is 0 Å². The standard InChI is InChI=1S/C21H26FNO2/c1-15-4-2-5-16(14-15)12-13-23-19-6-3-7-20(21(19)24)25-18-10-8-17(22)9-11-18/h2,4-5,8-11,14,19-21,23-24H,3,6-7,12-13H2,1H3/t19-,20+,21+/m0/s1. The smallest absolute Gasteiger partial charge is 0.126 e. The summed E-state index contributed by atoms with van der Waals surface area (Å²) in [6.45, 7) is 2.92. The Morgan fingerprint density at radius 1 is 1.16 bits per heavy atom. The van der Waals surface area contributed by atoms with E-state index in [1.807, 2.05) is 0 Å². The molecule has 134 valence electrons. The van der Waals surface area contributed by atoms with Crippen LogP contribution in [0.3, 0.4) is 0 Å². The average molecular weight is 343 g/mol. The molecule has 2 aromatic rings. The van der Waals surface area contributed by atoms with Gasteiger partial charge < -0.3 is 15.2 Å². The van der Waals surface area contributed by atoms with E-state index in [4.69, 9.17) is 4.74 Å². The maximum absolute atomic E-state index is 13.0. The Labute approximate surface area is 148 Å². The second-order valence-electron chi connectivity index (χ2n) is 6.83. The number of hydrogen-bond acceptors (Lipinski definition) is 3. The summed E-state index contributed by atoms with van der Waals surface area (Å²) in [5.74, 6) is 0.318. The van der Waals surface area contributed by atoms with Gasteiger partial charge >= 0.3 is 0 Å². The number of rotatable bonds is 6. The van der Waals surface area contributed by atoms with Crippen molar-refractivity contribution < 1.29 is 14.2 Å². The minimum Gasteiger partial charge on any atom is -0.488 e. The summed E-state index contributed by atoms with van der Waals surface area (Å²) < 4.78 is 18.9. The van der Waals surface area contributed by atoms with Gasteiger partial charge in [-0.25, -0.2) is 4.39 Å². The first-order valence-corrected chi connectivity index (χ1v) is 9.01. The number of aliphatic hydroxyl groups excluding tert-OH is 1. The van der Waals surface area contributed by atoms with Crippen molar-refractivity contribution in [2.75, 3.05) is 6.54 Å². The van der Waals surface area contributed by atoms with E-state index in [1.165, 1.54) is 23.3 Å². The Morgan fingerprint density at radius 3 is 2.72 bits per heavy atom. The third-order valence-corrected chi connectivity index (χ3v) is 4.80. The summed E-state index contributed by atoms with van der Waals surface area (Å²) in [4.78, 5) is 0. The minimum absolute atomic E-state index is 0.0315. The molecule has 2 N–H and O–H groups in total. The summed E-state index contributed by atoms with van der Waals surface area (Å²) in [6.07, 6.45) is 2.89. The van der Waals surface area contributed by atoms with Crippen LogP contribution in [0.5, 0.6) is 5.75 Å². The number of benzene rings is 2. The normalized spacial score (nSPS) is 23.4. The lowest BCUT2D eigenvalue weighted by atomic mass is 9.89. The molecule has 1 aliphatic rings. The highest BCUT2D eigenvalue weighted by molar-refractivity contribution is 5.23. The first-order valence-electron chi connectivity index (χ1n) is 9.01. The van der Waals surface area contributed by atoms with Crippen molar-refractivity contribution >= 4 is 0 Å². The molecule has 0 saturated heterocycles. The molecule has 3 rings (SSSR count). The van der Waals surface area contributed by atoms with Crippen LogP contribution in [-0.4, -0.2) is 29.9 Å². The lowest BCUT2D eigenvalue weighted by Gasteiger charge is -2.35. The predicted molar refractivity (Wildman–Crippen MR) is 97.3 cm³/mol. The molecular formula is C21H26FNO2. The van der Waals surface area contributed by atoms with Crippen LogP contribution in [0.2, 0.25) is 0 Å².